The summed E-state index contributed by atoms with van der Waals surface area (Å²) >= 11 is 0. The first kappa shape index (κ1) is 9.71. The first-order valence-electron chi connectivity index (χ1n) is 4.89. The van der Waals surface area contributed by atoms with Gasteiger partial charge in [0.2, 0.25) is 0 Å². The van der Waals surface area contributed by atoms with E-state index >= 15 is 0 Å². The van der Waals surface area contributed by atoms with E-state index in [1.165, 1.54) is 5.56 Å². The second-order valence-corrected chi connectivity index (χ2v) is 3.54. The Morgan fingerprint density at radius 1 is 1.53 bits per heavy atom. The van der Waals surface area contributed by atoms with Crippen LogP contribution in [-0.4, -0.2) is 15.7 Å². The van der Waals surface area contributed by atoms with E-state index in [1.54, 1.807) is 11.7 Å². The predicted octanol–water partition coefficient (Wildman–Crippen LogP) is 1.23. The van der Waals surface area contributed by atoms with Crippen LogP contribution in [0, 0.1) is 0 Å². The molecular weight excluding hydrogens is 190 g/mol. The standard InChI is InChI=1S/C11H13N3O/c1-3-7-4-5-9-8(6-7)10(11(12)15)13-14(9)2/h4-6H,3H2,1-2H3,(H2,12,15). The molecule has 0 bridgehead atoms. The molecule has 0 fully saturated rings. The topological polar surface area (TPSA) is 60.9 Å². The van der Waals surface area contributed by atoms with Gasteiger partial charge in [-0.25, -0.2) is 0 Å². The molecule has 1 heterocycles. The lowest BCUT2D eigenvalue weighted by atomic mass is 10.1. The predicted molar refractivity (Wildman–Crippen MR) is 58.6 cm³/mol. The van der Waals surface area contributed by atoms with Crippen molar-refractivity contribution in [2.24, 2.45) is 12.8 Å². The van der Waals surface area contributed by atoms with Crippen molar-refractivity contribution in [3.05, 3.63) is 29.5 Å². The van der Waals surface area contributed by atoms with Crippen molar-refractivity contribution in [2.75, 3.05) is 0 Å². The van der Waals surface area contributed by atoms with Crippen LogP contribution in [0.4, 0.5) is 0 Å². The highest BCUT2D eigenvalue weighted by Crippen LogP contribution is 2.19. The van der Waals surface area contributed by atoms with Crippen LogP contribution in [0.15, 0.2) is 18.2 Å². The molecule has 1 aromatic carbocycles. The van der Waals surface area contributed by atoms with Gasteiger partial charge in [0, 0.05) is 12.4 Å². The van der Waals surface area contributed by atoms with Gasteiger partial charge in [-0.3, -0.25) is 9.48 Å². The number of nitrogens with two attached hydrogens (primary N) is 1. The second kappa shape index (κ2) is 3.38. The Morgan fingerprint density at radius 2 is 2.27 bits per heavy atom. The number of fused-ring (bicyclic) bond motifs is 1. The monoisotopic (exact) mass is 203 g/mol. The van der Waals surface area contributed by atoms with Crippen LogP contribution in [0.25, 0.3) is 10.9 Å². The molecule has 0 radical (unpaired) electrons. The molecule has 2 aromatic rings. The number of primary amides is 1. The van der Waals surface area contributed by atoms with Crippen molar-refractivity contribution in [1.82, 2.24) is 9.78 Å². The van der Waals surface area contributed by atoms with E-state index in [9.17, 15) is 4.79 Å². The number of carbonyl (C=O) groups is 1. The van der Waals surface area contributed by atoms with Crippen molar-refractivity contribution < 1.29 is 4.79 Å². The number of hydrogen-bond donors (Lipinski definition) is 1. The number of aryl methyl sites for hydroxylation is 2. The van der Waals surface area contributed by atoms with Gasteiger partial charge in [0.15, 0.2) is 5.69 Å². The van der Waals surface area contributed by atoms with E-state index in [1.807, 2.05) is 18.2 Å². The number of nitrogens with zero attached hydrogens (tertiary/aromatic N) is 2. The van der Waals surface area contributed by atoms with Crippen LogP contribution in [0.3, 0.4) is 0 Å². The van der Waals surface area contributed by atoms with Crippen LogP contribution < -0.4 is 5.73 Å². The van der Waals surface area contributed by atoms with Crippen molar-refractivity contribution in [1.29, 1.82) is 0 Å². The van der Waals surface area contributed by atoms with Crippen LogP contribution in [0.1, 0.15) is 23.0 Å². The van der Waals surface area contributed by atoms with E-state index in [-0.39, 0.29) is 0 Å². The number of carbonyl (C=O) groups excluding carboxylic acids is 1. The first-order chi connectivity index (χ1) is 7.13. The first-order valence-corrected chi connectivity index (χ1v) is 4.89. The summed E-state index contributed by atoms with van der Waals surface area (Å²) in [5.41, 5.74) is 7.73. The molecule has 2 N–H and O–H groups in total. The molecule has 0 aliphatic rings. The van der Waals surface area contributed by atoms with E-state index < -0.39 is 5.91 Å². The van der Waals surface area contributed by atoms with Crippen molar-refractivity contribution in [3.63, 3.8) is 0 Å². The molecule has 78 valence electrons. The van der Waals surface area contributed by atoms with Gasteiger partial charge in [-0.15, -0.1) is 0 Å². The second-order valence-electron chi connectivity index (χ2n) is 3.54. The summed E-state index contributed by atoms with van der Waals surface area (Å²) in [4.78, 5) is 11.2. The molecule has 0 atom stereocenters. The summed E-state index contributed by atoms with van der Waals surface area (Å²) in [6.45, 7) is 2.07. The van der Waals surface area contributed by atoms with Crippen molar-refractivity contribution >= 4 is 16.8 Å². The normalized spacial score (nSPS) is 10.8. The minimum atomic E-state index is -0.478. The van der Waals surface area contributed by atoms with Gasteiger partial charge in [-0.2, -0.15) is 5.10 Å². The zero-order valence-corrected chi connectivity index (χ0v) is 8.82. The highest BCUT2D eigenvalue weighted by Gasteiger charge is 2.12. The number of amides is 1. The molecule has 0 aliphatic heterocycles. The van der Waals surface area contributed by atoms with Gasteiger partial charge in [0.1, 0.15) is 0 Å². The Balaban J connectivity index is 2.77. The lowest BCUT2D eigenvalue weighted by Gasteiger charge is -1.97. The van der Waals surface area contributed by atoms with Gasteiger partial charge in [0.25, 0.3) is 5.91 Å². The maximum Gasteiger partial charge on any atom is 0.269 e. The van der Waals surface area contributed by atoms with Crippen molar-refractivity contribution in [2.45, 2.75) is 13.3 Å². The van der Waals surface area contributed by atoms with E-state index in [2.05, 4.69) is 12.0 Å². The zero-order valence-electron chi connectivity index (χ0n) is 8.82. The minimum absolute atomic E-state index is 0.350. The third-order valence-corrected chi connectivity index (χ3v) is 2.56. The van der Waals surface area contributed by atoms with Gasteiger partial charge in [0.05, 0.1) is 5.52 Å². The average molecular weight is 203 g/mol. The van der Waals surface area contributed by atoms with Gasteiger partial charge in [-0.05, 0) is 24.1 Å². The largest absolute Gasteiger partial charge is 0.364 e. The molecule has 15 heavy (non-hydrogen) atoms. The fourth-order valence-corrected chi connectivity index (χ4v) is 1.71. The van der Waals surface area contributed by atoms with Crippen LogP contribution >= 0.6 is 0 Å². The Morgan fingerprint density at radius 3 is 2.87 bits per heavy atom. The highest BCUT2D eigenvalue weighted by molar-refractivity contribution is 6.04. The molecule has 0 unspecified atom stereocenters. The average Bonchev–Trinajstić information content (AvgIpc) is 2.56. The van der Waals surface area contributed by atoms with Crippen LogP contribution in [-0.2, 0) is 13.5 Å². The molecular formula is C11H13N3O. The van der Waals surface area contributed by atoms with E-state index in [0.29, 0.717) is 5.69 Å². The molecule has 0 aliphatic carbocycles. The quantitative estimate of drug-likeness (QED) is 0.798. The molecule has 4 heteroatoms. The van der Waals surface area contributed by atoms with E-state index in [4.69, 9.17) is 5.73 Å². The SMILES string of the molecule is CCc1ccc2c(c1)c(C(N)=O)nn2C. The maximum absolute atomic E-state index is 11.2. The molecule has 0 saturated carbocycles. The highest BCUT2D eigenvalue weighted by atomic mass is 16.1. The number of rotatable bonds is 2. The Labute approximate surface area is 87.7 Å². The fourth-order valence-electron chi connectivity index (χ4n) is 1.71. The Bertz CT molecular complexity index is 528. The van der Waals surface area contributed by atoms with Crippen LogP contribution in [0.2, 0.25) is 0 Å². The van der Waals surface area contributed by atoms with Gasteiger partial charge >= 0.3 is 0 Å². The maximum atomic E-state index is 11.2. The number of hydrogen-bond acceptors (Lipinski definition) is 2. The molecule has 1 amide bonds. The molecule has 2 rings (SSSR count). The fraction of sp³-hybridized carbons (Fsp3) is 0.273. The van der Waals surface area contributed by atoms with Gasteiger partial charge < -0.3 is 5.73 Å². The molecule has 4 nitrogen and oxygen atoms in total. The summed E-state index contributed by atoms with van der Waals surface area (Å²) in [5, 5.41) is 4.94. The smallest absolute Gasteiger partial charge is 0.269 e. The third-order valence-electron chi connectivity index (χ3n) is 2.56. The lowest BCUT2D eigenvalue weighted by Crippen LogP contribution is -2.12. The minimum Gasteiger partial charge on any atom is -0.364 e. The molecule has 0 saturated heterocycles. The summed E-state index contributed by atoms with van der Waals surface area (Å²) in [6.07, 6.45) is 0.934. The van der Waals surface area contributed by atoms with Crippen molar-refractivity contribution in [3.8, 4) is 0 Å². The van der Waals surface area contributed by atoms with Gasteiger partial charge in [-0.1, -0.05) is 13.0 Å². The summed E-state index contributed by atoms with van der Waals surface area (Å²) in [5.74, 6) is -0.478. The molecule has 1 aromatic heterocycles. The Kier molecular flexibility index (Phi) is 2.19. The summed E-state index contributed by atoms with van der Waals surface area (Å²) in [6, 6.07) is 5.98. The third kappa shape index (κ3) is 1.48. The summed E-state index contributed by atoms with van der Waals surface area (Å²) in [7, 11) is 1.81. The number of benzene rings is 1. The van der Waals surface area contributed by atoms with E-state index in [0.717, 1.165) is 17.3 Å². The molecule has 0 spiro atoms. The number of aromatic nitrogens is 2. The summed E-state index contributed by atoms with van der Waals surface area (Å²) < 4.78 is 1.68. The van der Waals surface area contributed by atoms with Crippen LogP contribution in [0.5, 0.6) is 0 Å². The Hall–Kier alpha value is -1.84. The zero-order chi connectivity index (χ0) is 11.0. The lowest BCUT2D eigenvalue weighted by molar-refractivity contribution is 0.0996.